The average molecular weight is 305 g/mol. The number of benzene rings is 1. The molecule has 22 heavy (non-hydrogen) atoms. The number of aliphatic hydroxyl groups excluding tert-OH is 1. The summed E-state index contributed by atoms with van der Waals surface area (Å²) in [6.45, 7) is 5.54. The Morgan fingerprint density at radius 3 is 2.64 bits per heavy atom. The smallest absolute Gasteiger partial charge is 0.253 e. The lowest BCUT2D eigenvalue weighted by molar-refractivity contribution is 0.0673. The van der Waals surface area contributed by atoms with Gasteiger partial charge in [0.1, 0.15) is 0 Å². The van der Waals surface area contributed by atoms with Crippen LogP contribution in [0.3, 0.4) is 0 Å². The van der Waals surface area contributed by atoms with E-state index in [0.717, 1.165) is 32.0 Å². The Hall–Kier alpha value is -1.63. The molecule has 120 valence electrons. The van der Waals surface area contributed by atoms with E-state index in [1.54, 1.807) is 4.90 Å². The molecule has 0 aliphatic carbocycles. The van der Waals surface area contributed by atoms with E-state index in [1.807, 2.05) is 24.3 Å². The predicted octanol–water partition coefficient (Wildman–Crippen LogP) is -0.0705. The van der Waals surface area contributed by atoms with Gasteiger partial charge in [0.15, 0.2) is 0 Å². The Balaban J connectivity index is 1.67. The van der Waals surface area contributed by atoms with Crippen molar-refractivity contribution < 1.29 is 14.6 Å². The Morgan fingerprint density at radius 2 is 1.91 bits per heavy atom. The molecule has 2 fully saturated rings. The number of morpholine rings is 1. The molecule has 2 heterocycles. The first-order valence-corrected chi connectivity index (χ1v) is 7.85. The third-order valence-corrected chi connectivity index (χ3v) is 4.15. The number of hydrogen-bond donors (Lipinski definition) is 2. The molecule has 1 aromatic carbocycles. The normalized spacial score (nSPS) is 23.2. The number of nitrogens with zero attached hydrogens (tertiary/aromatic N) is 2. The molecule has 2 saturated heterocycles. The van der Waals surface area contributed by atoms with E-state index in [-0.39, 0.29) is 5.91 Å². The predicted molar refractivity (Wildman–Crippen MR) is 84.3 cm³/mol. The van der Waals surface area contributed by atoms with Crippen LogP contribution in [0.1, 0.15) is 10.4 Å². The van der Waals surface area contributed by atoms with Crippen LogP contribution in [0.15, 0.2) is 24.3 Å². The van der Waals surface area contributed by atoms with Crippen molar-refractivity contribution in [3.8, 4) is 0 Å². The van der Waals surface area contributed by atoms with Crippen molar-refractivity contribution >= 4 is 11.6 Å². The molecule has 1 amide bonds. The van der Waals surface area contributed by atoms with Crippen molar-refractivity contribution in [3.63, 3.8) is 0 Å². The summed E-state index contributed by atoms with van der Waals surface area (Å²) in [4.78, 5) is 16.5. The van der Waals surface area contributed by atoms with E-state index in [9.17, 15) is 9.90 Å². The zero-order valence-corrected chi connectivity index (χ0v) is 12.7. The molecule has 6 heteroatoms. The van der Waals surface area contributed by atoms with Crippen molar-refractivity contribution in [2.24, 2.45) is 0 Å². The molecular weight excluding hydrogens is 282 g/mol. The van der Waals surface area contributed by atoms with Crippen LogP contribution in [0, 0.1) is 0 Å². The molecule has 0 bridgehead atoms. The van der Waals surface area contributed by atoms with Gasteiger partial charge in [0.05, 0.1) is 19.3 Å². The van der Waals surface area contributed by atoms with E-state index in [1.165, 1.54) is 0 Å². The SMILES string of the molecule is O=C(c1ccc(N2CCOCC2)cc1)N1CCNC[C@H](O)C1. The second-order valence-corrected chi connectivity index (χ2v) is 5.76. The minimum Gasteiger partial charge on any atom is -0.390 e. The number of carbonyl (C=O) groups excluding carboxylic acids is 1. The van der Waals surface area contributed by atoms with Gasteiger partial charge >= 0.3 is 0 Å². The fraction of sp³-hybridized carbons (Fsp3) is 0.562. The second-order valence-electron chi connectivity index (χ2n) is 5.76. The van der Waals surface area contributed by atoms with E-state index in [0.29, 0.717) is 31.7 Å². The summed E-state index contributed by atoms with van der Waals surface area (Å²) in [5.41, 5.74) is 1.79. The second kappa shape index (κ2) is 7.09. The lowest BCUT2D eigenvalue weighted by Crippen LogP contribution is -2.38. The number of hydrogen-bond acceptors (Lipinski definition) is 5. The van der Waals surface area contributed by atoms with Crippen molar-refractivity contribution in [3.05, 3.63) is 29.8 Å². The summed E-state index contributed by atoms with van der Waals surface area (Å²) in [6, 6.07) is 7.73. The first-order chi connectivity index (χ1) is 10.7. The summed E-state index contributed by atoms with van der Waals surface area (Å²) >= 11 is 0. The van der Waals surface area contributed by atoms with Crippen LogP contribution < -0.4 is 10.2 Å². The van der Waals surface area contributed by atoms with Crippen molar-refractivity contribution in [1.29, 1.82) is 0 Å². The van der Waals surface area contributed by atoms with Gasteiger partial charge in [-0.25, -0.2) is 0 Å². The third kappa shape index (κ3) is 3.58. The lowest BCUT2D eigenvalue weighted by Gasteiger charge is -2.29. The topological polar surface area (TPSA) is 65.0 Å². The molecule has 2 aliphatic rings. The van der Waals surface area contributed by atoms with Gasteiger partial charge in [-0.05, 0) is 24.3 Å². The standard InChI is InChI=1S/C16H23N3O3/c20-15-11-17-5-6-19(12-15)16(21)13-1-3-14(4-2-13)18-7-9-22-10-8-18/h1-4,15,17,20H,5-12H2/t15-/m0/s1. The molecule has 2 aliphatic heterocycles. The van der Waals surface area contributed by atoms with Gasteiger partial charge in [-0.2, -0.15) is 0 Å². The highest BCUT2D eigenvalue weighted by atomic mass is 16.5. The van der Waals surface area contributed by atoms with Crippen LogP contribution in [0.4, 0.5) is 5.69 Å². The van der Waals surface area contributed by atoms with Crippen LogP contribution in [0.5, 0.6) is 0 Å². The zero-order chi connectivity index (χ0) is 15.4. The maximum atomic E-state index is 12.5. The zero-order valence-electron chi connectivity index (χ0n) is 12.7. The van der Waals surface area contributed by atoms with Crippen LogP contribution >= 0.6 is 0 Å². The number of ether oxygens (including phenoxy) is 1. The number of aliphatic hydroxyl groups is 1. The van der Waals surface area contributed by atoms with Crippen molar-refractivity contribution in [1.82, 2.24) is 10.2 Å². The monoisotopic (exact) mass is 305 g/mol. The summed E-state index contributed by atoms with van der Waals surface area (Å²) in [5, 5.41) is 12.9. The van der Waals surface area contributed by atoms with Gasteiger partial charge in [0.25, 0.3) is 5.91 Å². The van der Waals surface area contributed by atoms with Gasteiger partial charge in [0.2, 0.25) is 0 Å². The van der Waals surface area contributed by atoms with Gasteiger partial charge in [-0.3, -0.25) is 4.79 Å². The fourth-order valence-electron chi connectivity index (χ4n) is 2.90. The van der Waals surface area contributed by atoms with E-state index >= 15 is 0 Å². The number of carbonyl (C=O) groups is 1. The number of β-amino-alcohol motifs (C(OH)–C–C–N with tert-alkyl or cyclic N) is 1. The van der Waals surface area contributed by atoms with Gasteiger partial charge in [-0.1, -0.05) is 0 Å². The van der Waals surface area contributed by atoms with Crippen LogP contribution in [-0.2, 0) is 4.74 Å². The molecule has 0 radical (unpaired) electrons. The highest BCUT2D eigenvalue weighted by molar-refractivity contribution is 5.94. The molecule has 0 aromatic heterocycles. The highest BCUT2D eigenvalue weighted by Gasteiger charge is 2.21. The van der Waals surface area contributed by atoms with Crippen molar-refractivity contribution in [2.45, 2.75) is 6.10 Å². The molecule has 6 nitrogen and oxygen atoms in total. The largest absolute Gasteiger partial charge is 0.390 e. The third-order valence-electron chi connectivity index (χ3n) is 4.15. The maximum Gasteiger partial charge on any atom is 0.253 e. The first-order valence-electron chi connectivity index (χ1n) is 7.85. The molecule has 0 saturated carbocycles. The van der Waals surface area contributed by atoms with E-state index < -0.39 is 6.10 Å². The summed E-state index contributed by atoms with van der Waals surface area (Å²) in [5.74, 6) is -0.0173. The number of rotatable bonds is 2. The highest BCUT2D eigenvalue weighted by Crippen LogP contribution is 2.17. The fourth-order valence-corrected chi connectivity index (χ4v) is 2.90. The van der Waals surface area contributed by atoms with Gasteiger partial charge in [0, 0.05) is 50.5 Å². The summed E-state index contributed by atoms with van der Waals surface area (Å²) in [7, 11) is 0. The molecule has 1 atom stereocenters. The molecule has 0 unspecified atom stereocenters. The van der Waals surface area contributed by atoms with Crippen LogP contribution in [-0.4, -0.2) is 74.5 Å². The average Bonchev–Trinajstić information content (AvgIpc) is 2.80. The Kier molecular flexibility index (Phi) is 4.92. The number of amides is 1. The minimum atomic E-state index is -0.501. The number of nitrogens with one attached hydrogen (secondary N) is 1. The molecule has 3 rings (SSSR count). The Morgan fingerprint density at radius 1 is 1.18 bits per heavy atom. The van der Waals surface area contributed by atoms with E-state index in [4.69, 9.17) is 4.74 Å². The van der Waals surface area contributed by atoms with Crippen molar-refractivity contribution in [2.75, 3.05) is 57.4 Å². The molecule has 2 N–H and O–H groups in total. The lowest BCUT2D eigenvalue weighted by atomic mass is 10.1. The maximum absolute atomic E-state index is 12.5. The summed E-state index contributed by atoms with van der Waals surface area (Å²) in [6.07, 6.45) is -0.501. The Labute approximate surface area is 130 Å². The molecular formula is C16H23N3O3. The molecule has 1 aromatic rings. The Bertz CT molecular complexity index is 500. The molecule has 0 spiro atoms. The van der Waals surface area contributed by atoms with Gasteiger partial charge in [-0.15, -0.1) is 0 Å². The number of anilines is 1. The summed E-state index contributed by atoms with van der Waals surface area (Å²) < 4.78 is 5.35. The first kappa shape index (κ1) is 15.3. The van der Waals surface area contributed by atoms with Crippen LogP contribution in [0.25, 0.3) is 0 Å². The quantitative estimate of drug-likeness (QED) is 0.801. The minimum absolute atomic E-state index is 0.0173. The van der Waals surface area contributed by atoms with Crippen LogP contribution in [0.2, 0.25) is 0 Å². The van der Waals surface area contributed by atoms with E-state index in [2.05, 4.69) is 10.2 Å². The van der Waals surface area contributed by atoms with Gasteiger partial charge < -0.3 is 25.0 Å².